The van der Waals surface area contributed by atoms with Crippen molar-refractivity contribution in [1.29, 1.82) is 0 Å². The predicted octanol–water partition coefficient (Wildman–Crippen LogP) is 10.2. The molecule has 8 heteroatoms. The lowest BCUT2D eigenvalue weighted by molar-refractivity contribution is -0.887. The minimum atomic E-state index is -0.886. The van der Waals surface area contributed by atoms with Crippen LogP contribution in [0.4, 0.5) is 0 Å². The van der Waals surface area contributed by atoms with Gasteiger partial charge in [0.05, 0.1) is 34.4 Å². The summed E-state index contributed by atoms with van der Waals surface area (Å²) < 4.78 is 17.1. The normalized spacial score (nSPS) is 13.7. The molecule has 0 bridgehead atoms. The quantitative estimate of drug-likeness (QED) is 0.0306. The van der Waals surface area contributed by atoms with E-state index in [1.807, 2.05) is 33.3 Å². The Morgan fingerprint density at radius 1 is 0.588 bits per heavy atom. The molecule has 0 rings (SSSR count). The lowest BCUT2D eigenvalue weighted by atomic mass is 10.0. The van der Waals surface area contributed by atoms with Crippen molar-refractivity contribution in [1.82, 2.24) is 0 Å². The Kier molecular flexibility index (Phi) is 32.1. The number of nitrogens with zero attached hydrogens (tertiary/aromatic N) is 1. The number of rotatable bonds is 34. The van der Waals surface area contributed by atoms with Gasteiger partial charge < -0.3 is 23.8 Å². The van der Waals surface area contributed by atoms with Crippen molar-refractivity contribution in [2.75, 3.05) is 41.0 Å². The van der Waals surface area contributed by atoms with E-state index in [1.54, 1.807) is 0 Å². The van der Waals surface area contributed by atoms with Gasteiger partial charge in [-0.15, -0.1) is 0 Å². The third-order valence-electron chi connectivity index (χ3n) is 8.43. The fourth-order valence-corrected chi connectivity index (χ4v) is 5.40. The van der Waals surface area contributed by atoms with E-state index in [9.17, 15) is 19.5 Å². The summed E-state index contributed by atoms with van der Waals surface area (Å²) >= 11 is 0. The van der Waals surface area contributed by atoms with E-state index in [0.29, 0.717) is 19.3 Å². The van der Waals surface area contributed by atoms with Gasteiger partial charge in [-0.2, -0.15) is 0 Å². The Labute approximate surface area is 311 Å². The van der Waals surface area contributed by atoms with Crippen LogP contribution >= 0.6 is 0 Å². The monoisotopic (exact) mass is 717 g/mol. The Morgan fingerprint density at radius 3 is 1.61 bits per heavy atom. The number of ether oxygens (including phenoxy) is 3. The van der Waals surface area contributed by atoms with Crippen LogP contribution in [-0.2, 0) is 28.6 Å². The number of carbonyl (C=O) groups excluding carboxylic acids is 2. The summed E-state index contributed by atoms with van der Waals surface area (Å²) in [4.78, 5) is 36.6. The van der Waals surface area contributed by atoms with Crippen LogP contribution in [0.3, 0.4) is 0 Å². The van der Waals surface area contributed by atoms with Crippen molar-refractivity contribution in [2.24, 2.45) is 0 Å². The fraction of sp³-hybridized carbons (Fsp3) is 0.698. The van der Waals surface area contributed by atoms with E-state index in [0.717, 1.165) is 51.4 Å². The summed E-state index contributed by atoms with van der Waals surface area (Å²) in [7, 11) is 5.49. The van der Waals surface area contributed by atoms with Gasteiger partial charge in [0.2, 0.25) is 0 Å². The van der Waals surface area contributed by atoms with Gasteiger partial charge in [0, 0.05) is 19.3 Å². The number of carboxylic acid groups (broad SMARTS) is 1. The number of likely N-dealkylation sites (N-methyl/N-ethyl adjacent to an activating group) is 1. The topological polar surface area (TPSA) is 99.1 Å². The summed E-state index contributed by atoms with van der Waals surface area (Å²) in [5.41, 5.74) is 0. The molecule has 0 heterocycles. The second-order valence-corrected chi connectivity index (χ2v) is 14.1. The maximum atomic E-state index is 12.6. The Bertz CT molecular complexity index is 1020. The number of hydrogen-bond donors (Lipinski definition) is 1. The number of unbranched alkanes of at least 4 members (excludes halogenated alkanes) is 10. The van der Waals surface area contributed by atoms with E-state index < -0.39 is 18.1 Å². The third kappa shape index (κ3) is 32.7. The van der Waals surface area contributed by atoms with Crippen LogP contribution in [0.1, 0.15) is 142 Å². The molecule has 0 spiro atoms. The summed E-state index contributed by atoms with van der Waals surface area (Å²) in [6.45, 7) is 4.39. The van der Waals surface area contributed by atoms with Gasteiger partial charge in [0.15, 0.2) is 12.1 Å². The van der Waals surface area contributed by atoms with Gasteiger partial charge in [-0.25, -0.2) is 4.79 Å². The van der Waals surface area contributed by atoms with Crippen molar-refractivity contribution in [3.8, 4) is 0 Å². The molecule has 0 aromatic rings. The van der Waals surface area contributed by atoms with Gasteiger partial charge in [0.1, 0.15) is 6.61 Å². The van der Waals surface area contributed by atoms with Crippen LogP contribution in [0.2, 0.25) is 0 Å². The van der Waals surface area contributed by atoms with Crippen molar-refractivity contribution in [2.45, 2.75) is 154 Å². The number of aliphatic carboxylic acids is 1. The zero-order valence-electron chi connectivity index (χ0n) is 33.0. The average Bonchev–Trinajstić information content (AvgIpc) is 3.08. The first kappa shape index (κ1) is 48.0. The summed E-state index contributed by atoms with van der Waals surface area (Å²) in [6, 6.07) is -0.622. The Balaban J connectivity index is 4.29. The largest absolute Gasteiger partial charge is 0.477 e. The number of quaternary nitrogens is 1. The van der Waals surface area contributed by atoms with Crippen molar-refractivity contribution in [3.63, 3.8) is 0 Å². The Hall–Kier alpha value is -2.97. The smallest absolute Gasteiger partial charge is 0.362 e. The molecule has 0 fully saturated rings. The van der Waals surface area contributed by atoms with Gasteiger partial charge in [-0.05, 0) is 57.8 Å². The number of carbonyl (C=O) groups is 3. The van der Waals surface area contributed by atoms with Gasteiger partial charge in [-0.3, -0.25) is 9.59 Å². The molecule has 2 unspecified atom stereocenters. The van der Waals surface area contributed by atoms with Crippen molar-refractivity contribution < 1.29 is 38.2 Å². The molecule has 51 heavy (non-hydrogen) atoms. The second kappa shape index (κ2) is 34.1. The highest BCUT2D eigenvalue weighted by atomic mass is 16.6. The first-order valence-electron chi connectivity index (χ1n) is 19.8. The lowest BCUT2D eigenvalue weighted by Crippen LogP contribution is -2.50. The highest BCUT2D eigenvalue weighted by Gasteiger charge is 2.31. The second-order valence-electron chi connectivity index (χ2n) is 14.1. The van der Waals surface area contributed by atoms with Crippen molar-refractivity contribution in [3.05, 3.63) is 60.8 Å². The highest BCUT2D eigenvalue weighted by Crippen LogP contribution is 2.14. The molecule has 0 aliphatic heterocycles. The lowest BCUT2D eigenvalue weighted by Gasteiger charge is -2.31. The van der Waals surface area contributed by atoms with Crippen LogP contribution in [-0.4, -0.2) is 80.6 Å². The number of carboxylic acids is 1. The maximum Gasteiger partial charge on any atom is 0.362 e. The van der Waals surface area contributed by atoms with Crippen LogP contribution < -0.4 is 0 Å². The Morgan fingerprint density at radius 2 is 1.08 bits per heavy atom. The number of allylic oxidation sites excluding steroid dienone is 10. The van der Waals surface area contributed by atoms with Crippen LogP contribution in [0.25, 0.3) is 0 Å². The van der Waals surface area contributed by atoms with Crippen molar-refractivity contribution >= 4 is 17.9 Å². The molecule has 0 amide bonds. The fourth-order valence-electron chi connectivity index (χ4n) is 5.40. The molecule has 0 aromatic carbocycles. The van der Waals surface area contributed by atoms with E-state index in [2.05, 4.69) is 62.5 Å². The molecular formula is C43H74NO7+. The van der Waals surface area contributed by atoms with E-state index in [1.165, 1.54) is 51.4 Å². The minimum Gasteiger partial charge on any atom is -0.477 e. The summed E-state index contributed by atoms with van der Waals surface area (Å²) in [5.74, 6) is -1.57. The molecule has 0 aliphatic rings. The molecular weight excluding hydrogens is 642 g/mol. The SMILES string of the molecule is CC/C=C/C/C=C/C/C=C/CCCCCCCCCCCCC(=O)OC(COCCC(C(=O)O)[N+](C)(C)C)COC(=O)CC/C=C/C/C=C/CC. The summed E-state index contributed by atoms with van der Waals surface area (Å²) in [5, 5.41) is 9.57. The third-order valence-corrected chi connectivity index (χ3v) is 8.43. The molecule has 0 aromatic heterocycles. The number of hydrogen-bond acceptors (Lipinski definition) is 6. The molecule has 292 valence electrons. The molecule has 0 saturated heterocycles. The first-order chi connectivity index (χ1) is 24.6. The van der Waals surface area contributed by atoms with Gasteiger partial charge in [0.25, 0.3) is 0 Å². The standard InChI is InChI=1S/C43H73NO7/c1-6-8-10-12-14-15-16-17-18-19-20-21-22-23-24-25-26-28-30-32-34-42(46)51-39(37-49-36-35-40(43(47)48)44(3,4)5)38-50-41(45)33-31-29-27-13-11-9-7-2/h8-11,14-15,17-18,27,29,39-40H,6-7,12-13,16,19-26,28,30-38H2,1-5H3/p+1/b10-8+,11-9+,15-14+,18-17+,29-27+. The van der Waals surface area contributed by atoms with Crippen LogP contribution in [0, 0.1) is 0 Å². The van der Waals surface area contributed by atoms with E-state index >= 15 is 0 Å². The van der Waals surface area contributed by atoms with Gasteiger partial charge >= 0.3 is 17.9 Å². The van der Waals surface area contributed by atoms with E-state index in [4.69, 9.17) is 14.2 Å². The maximum absolute atomic E-state index is 12.6. The molecule has 1 N–H and O–H groups in total. The molecule has 0 radical (unpaired) electrons. The molecule has 0 saturated carbocycles. The molecule has 8 nitrogen and oxygen atoms in total. The van der Waals surface area contributed by atoms with Gasteiger partial charge in [-0.1, -0.05) is 126 Å². The summed E-state index contributed by atoms with van der Waals surface area (Å²) in [6.07, 6.45) is 40.2. The highest BCUT2D eigenvalue weighted by molar-refractivity contribution is 5.72. The average molecular weight is 717 g/mol. The molecule has 0 aliphatic carbocycles. The molecule has 2 atom stereocenters. The zero-order valence-corrected chi connectivity index (χ0v) is 33.0. The van der Waals surface area contributed by atoms with Crippen LogP contribution in [0.5, 0.6) is 0 Å². The first-order valence-corrected chi connectivity index (χ1v) is 19.8. The number of esters is 2. The zero-order chi connectivity index (χ0) is 37.8. The van der Waals surface area contributed by atoms with Crippen LogP contribution in [0.15, 0.2) is 60.8 Å². The predicted molar refractivity (Wildman–Crippen MR) is 211 cm³/mol. The minimum absolute atomic E-state index is 0.0396. The van der Waals surface area contributed by atoms with E-state index in [-0.39, 0.29) is 42.7 Å².